The van der Waals surface area contributed by atoms with E-state index in [0.717, 1.165) is 31.6 Å². The SMILES string of the molecule is CC(C)[C@H]1COC(=O)N1c1cnc(C2CCN(C(=O)C(C)(C)C)CC2)cn1. The number of carbonyl (C=O) groups excluding carboxylic acids is 2. The standard InChI is InChI=1S/C20H30N4O3/c1-13(2)16-12-27-19(26)24(16)17-11-21-15(10-22-17)14-6-8-23(9-7-14)18(25)20(3,4)5/h10-11,13-14,16H,6-9,12H2,1-5H3/t16-/m1/s1. The summed E-state index contributed by atoms with van der Waals surface area (Å²) in [6.45, 7) is 11.9. The maximum atomic E-state index is 12.4. The molecule has 2 aliphatic heterocycles. The van der Waals surface area contributed by atoms with Crippen LogP contribution < -0.4 is 4.90 Å². The molecule has 0 aromatic carbocycles. The van der Waals surface area contributed by atoms with E-state index in [1.165, 1.54) is 0 Å². The molecule has 1 aromatic heterocycles. The lowest BCUT2D eigenvalue weighted by molar-refractivity contribution is -0.140. The molecule has 0 bridgehead atoms. The second-order valence-electron chi connectivity index (χ2n) is 8.87. The zero-order valence-electron chi connectivity index (χ0n) is 16.9. The van der Waals surface area contributed by atoms with Crippen molar-refractivity contribution in [2.45, 2.75) is 59.4 Å². The molecule has 0 spiro atoms. The molecule has 27 heavy (non-hydrogen) atoms. The number of piperidine rings is 1. The fraction of sp³-hybridized carbons (Fsp3) is 0.700. The molecular formula is C20H30N4O3. The van der Waals surface area contributed by atoms with Crippen LogP contribution in [0.4, 0.5) is 10.6 Å². The van der Waals surface area contributed by atoms with Gasteiger partial charge in [0.25, 0.3) is 0 Å². The number of likely N-dealkylation sites (tertiary alicyclic amines) is 1. The molecule has 0 unspecified atom stereocenters. The minimum absolute atomic E-state index is 0.00991. The van der Waals surface area contributed by atoms with E-state index in [9.17, 15) is 9.59 Å². The third kappa shape index (κ3) is 4.06. The molecule has 1 aromatic rings. The molecule has 1 atom stereocenters. The van der Waals surface area contributed by atoms with Crippen LogP contribution in [0.3, 0.4) is 0 Å². The molecule has 2 amide bonds. The first kappa shape index (κ1) is 19.6. The summed E-state index contributed by atoms with van der Waals surface area (Å²) in [4.78, 5) is 37.1. The summed E-state index contributed by atoms with van der Waals surface area (Å²) >= 11 is 0. The van der Waals surface area contributed by atoms with E-state index in [2.05, 4.69) is 23.8 Å². The Labute approximate surface area is 161 Å². The van der Waals surface area contributed by atoms with Gasteiger partial charge in [-0.05, 0) is 18.8 Å². The maximum absolute atomic E-state index is 12.4. The summed E-state index contributed by atoms with van der Waals surface area (Å²) in [6, 6.07) is -0.00991. The number of rotatable bonds is 3. The van der Waals surface area contributed by atoms with Gasteiger partial charge in [-0.25, -0.2) is 9.78 Å². The number of nitrogens with zero attached hydrogens (tertiary/aromatic N) is 4. The van der Waals surface area contributed by atoms with Crippen LogP contribution in [-0.4, -0.2) is 52.6 Å². The maximum Gasteiger partial charge on any atom is 0.415 e. The Kier molecular flexibility index (Phi) is 5.40. The number of carbonyl (C=O) groups is 2. The average Bonchev–Trinajstić information content (AvgIpc) is 3.02. The minimum Gasteiger partial charge on any atom is -0.447 e. The topological polar surface area (TPSA) is 75.6 Å². The van der Waals surface area contributed by atoms with Gasteiger partial charge in [0.2, 0.25) is 5.91 Å². The van der Waals surface area contributed by atoms with E-state index in [1.807, 2.05) is 25.7 Å². The molecule has 0 N–H and O–H groups in total. The van der Waals surface area contributed by atoms with E-state index in [1.54, 1.807) is 17.3 Å². The van der Waals surface area contributed by atoms with E-state index in [4.69, 9.17) is 4.74 Å². The zero-order chi connectivity index (χ0) is 19.8. The Hall–Kier alpha value is -2.18. The van der Waals surface area contributed by atoms with Gasteiger partial charge in [-0.2, -0.15) is 0 Å². The van der Waals surface area contributed by atoms with Crippen molar-refractivity contribution in [1.29, 1.82) is 0 Å². The molecule has 2 saturated heterocycles. The lowest BCUT2D eigenvalue weighted by Gasteiger charge is -2.35. The van der Waals surface area contributed by atoms with Gasteiger partial charge in [0.05, 0.1) is 24.1 Å². The lowest BCUT2D eigenvalue weighted by Crippen LogP contribution is -2.43. The highest BCUT2D eigenvalue weighted by Gasteiger charge is 2.37. The van der Waals surface area contributed by atoms with Crippen LogP contribution in [-0.2, 0) is 9.53 Å². The molecule has 3 rings (SSSR count). The van der Waals surface area contributed by atoms with Crippen LogP contribution in [0.15, 0.2) is 12.4 Å². The van der Waals surface area contributed by atoms with Gasteiger partial charge >= 0.3 is 6.09 Å². The lowest BCUT2D eigenvalue weighted by atomic mass is 9.90. The second-order valence-corrected chi connectivity index (χ2v) is 8.87. The third-order valence-corrected chi connectivity index (χ3v) is 5.42. The van der Waals surface area contributed by atoms with Crippen LogP contribution in [0.1, 0.15) is 59.1 Å². The first-order valence-electron chi connectivity index (χ1n) is 9.75. The number of aromatic nitrogens is 2. The highest BCUT2D eigenvalue weighted by atomic mass is 16.6. The second kappa shape index (κ2) is 7.44. The minimum atomic E-state index is -0.357. The molecule has 148 valence electrons. The smallest absolute Gasteiger partial charge is 0.415 e. The number of hydrogen-bond acceptors (Lipinski definition) is 5. The molecule has 2 fully saturated rings. The predicted octanol–water partition coefficient (Wildman–Crippen LogP) is 3.21. The number of cyclic esters (lactones) is 1. The Morgan fingerprint density at radius 3 is 2.37 bits per heavy atom. The van der Waals surface area contributed by atoms with Crippen molar-refractivity contribution in [2.75, 3.05) is 24.6 Å². The van der Waals surface area contributed by atoms with Gasteiger partial charge < -0.3 is 9.64 Å². The third-order valence-electron chi connectivity index (χ3n) is 5.42. The van der Waals surface area contributed by atoms with Crippen molar-refractivity contribution in [1.82, 2.24) is 14.9 Å². The normalized spacial score (nSPS) is 21.7. The summed E-state index contributed by atoms with van der Waals surface area (Å²) in [5, 5.41) is 0. The van der Waals surface area contributed by atoms with Crippen LogP contribution >= 0.6 is 0 Å². The zero-order valence-corrected chi connectivity index (χ0v) is 16.9. The molecule has 3 heterocycles. The van der Waals surface area contributed by atoms with Crippen LogP contribution in [0.25, 0.3) is 0 Å². The van der Waals surface area contributed by atoms with Crippen molar-refractivity contribution >= 4 is 17.8 Å². The predicted molar refractivity (Wildman–Crippen MR) is 102 cm³/mol. The van der Waals surface area contributed by atoms with Crippen molar-refractivity contribution < 1.29 is 14.3 Å². The summed E-state index contributed by atoms with van der Waals surface area (Å²) in [5.41, 5.74) is 0.584. The number of ether oxygens (including phenoxy) is 1. The molecule has 0 aliphatic carbocycles. The van der Waals surface area contributed by atoms with Gasteiger partial charge in [0.1, 0.15) is 6.61 Å². The molecule has 0 radical (unpaired) electrons. The molecule has 2 aliphatic rings. The van der Waals surface area contributed by atoms with Crippen molar-refractivity contribution in [2.24, 2.45) is 11.3 Å². The van der Waals surface area contributed by atoms with Crippen molar-refractivity contribution in [3.05, 3.63) is 18.1 Å². The summed E-state index contributed by atoms with van der Waals surface area (Å²) in [6.07, 6.45) is 4.85. The van der Waals surface area contributed by atoms with E-state index < -0.39 is 0 Å². The Balaban J connectivity index is 1.65. The molecule has 7 heteroatoms. The first-order valence-corrected chi connectivity index (χ1v) is 9.75. The highest BCUT2D eigenvalue weighted by Crippen LogP contribution is 2.30. The summed E-state index contributed by atoms with van der Waals surface area (Å²) < 4.78 is 5.18. The Morgan fingerprint density at radius 2 is 1.85 bits per heavy atom. The quantitative estimate of drug-likeness (QED) is 0.812. The van der Waals surface area contributed by atoms with Crippen LogP contribution in [0.5, 0.6) is 0 Å². The highest BCUT2D eigenvalue weighted by molar-refractivity contribution is 5.89. The monoisotopic (exact) mass is 374 g/mol. The van der Waals surface area contributed by atoms with E-state index >= 15 is 0 Å². The van der Waals surface area contributed by atoms with Gasteiger partial charge in [0.15, 0.2) is 5.82 Å². The Morgan fingerprint density at radius 1 is 1.19 bits per heavy atom. The molecule has 0 saturated carbocycles. The van der Waals surface area contributed by atoms with Crippen LogP contribution in [0, 0.1) is 11.3 Å². The number of anilines is 1. The summed E-state index contributed by atoms with van der Waals surface area (Å²) in [7, 11) is 0. The van der Waals surface area contributed by atoms with Gasteiger partial charge in [-0.1, -0.05) is 34.6 Å². The Bertz CT molecular complexity index is 688. The molecular weight excluding hydrogens is 344 g/mol. The van der Waals surface area contributed by atoms with Gasteiger partial charge in [-0.15, -0.1) is 0 Å². The van der Waals surface area contributed by atoms with Crippen LogP contribution in [0.2, 0.25) is 0 Å². The average molecular weight is 374 g/mol. The largest absolute Gasteiger partial charge is 0.447 e. The first-order chi connectivity index (χ1) is 12.7. The van der Waals surface area contributed by atoms with Crippen molar-refractivity contribution in [3.8, 4) is 0 Å². The van der Waals surface area contributed by atoms with E-state index in [-0.39, 0.29) is 29.4 Å². The van der Waals surface area contributed by atoms with Gasteiger partial charge in [0, 0.05) is 24.4 Å². The van der Waals surface area contributed by atoms with Crippen molar-refractivity contribution in [3.63, 3.8) is 0 Å². The number of amides is 2. The summed E-state index contributed by atoms with van der Waals surface area (Å²) in [5.74, 6) is 1.32. The van der Waals surface area contributed by atoms with Gasteiger partial charge in [-0.3, -0.25) is 14.7 Å². The fourth-order valence-corrected chi connectivity index (χ4v) is 3.71. The van der Waals surface area contributed by atoms with E-state index in [0.29, 0.717) is 18.3 Å². The molecule has 7 nitrogen and oxygen atoms in total. The fourth-order valence-electron chi connectivity index (χ4n) is 3.71. The number of hydrogen-bond donors (Lipinski definition) is 0.